The number of methoxy groups -OCH3 is 1. The average molecular weight is 688 g/mol. The minimum atomic E-state index is -1.06. The lowest BCUT2D eigenvalue weighted by Crippen LogP contribution is -2.33. The average Bonchev–Trinajstić information content (AvgIpc) is 3.07. The number of benzene rings is 4. The fraction of sp³-hybridized carbons (Fsp3) is 0.147. The molecule has 0 spiro atoms. The van der Waals surface area contributed by atoms with E-state index in [1.807, 2.05) is 0 Å². The second-order valence-electron chi connectivity index (χ2n) is 9.69. The Bertz CT molecular complexity index is 1720. The molecule has 0 fully saturated rings. The van der Waals surface area contributed by atoms with Crippen molar-refractivity contribution < 1.29 is 33.4 Å². The van der Waals surface area contributed by atoms with Gasteiger partial charge in [-0.15, -0.1) is 0 Å². The molecule has 0 aromatic heterocycles. The summed E-state index contributed by atoms with van der Waals surface area (Å²) in [5.74, 6) is -2.03. The maximum absolute atomic E-state index is 12.8. The van der Waals surface area contributed by atoms with Gasteiger partial charge in [0.25, 0.3) is 5.91 Å². The van der Waals surface area contributed by atoms with E-state index in [0.717, 1.165) is 17.3 Å². The first-order valence-corrected chi connectivity index (χ1v) is 15.0. The lowest BCUT2D eigenvalue weighted by atomic mass is 10.1. The van der Waals surface area contributed by atoms with Crippen LogP contribution >= 0.6 is 15.9 Å². The van der Waals surface area contributed by atoms with Gasteiger partial charge in [0.05, 0.1) is 36.7 Å². The summed E-state index contributed by atoms with van der Waals surface area (Å²) in [6, 6.07) is 24.6. The van der Waals surface area contributed by atoms with E-state index in [0.29, 0.717) is 29.2 Å². The van der Waals surface area contributed by atoms with E-state index in [1.165, 1.54) is 31.5 Å². The monoisotopic (exact) mass is 686 g/mol. The quantitative estimate of drug-likeness (QED) is 0.0402. The fourth-order valence-corrected chi connectivity index (χ4v) is 4.21. The lowest BCUT2D eigenvalue weighted by molar-refractivity contribution is -0.136. The van der Waals surface area contributed by atoms with Gasteiger partial charge >= 0.3 is 17.8 Å². The standard InChI is InChI=1S/C34H31BrN4O7/c1-3-4-19-45-26-16-10-23(11-17-26)34(43)46-29-18-9-22(20-30(29)44-2)21-36-39-33(42)32(41)38-28-8-6-5-7-27(28)31(40)37-25-14-12-24(35)13-15-25/h5-18,20-21H,3-4,19H2,1-2H3,(H,37,40)(H,38,41)(H,39,42). The minimum absolute atomic E-state index is 0.146. The molecule has 0 saturated heterocycles. The Balaban J connectivity index is 1.32. The summed E-state index contributed by atoms with van der Waals surface area (Å²) in [5, 5.41) is 9.01. The van der Waals surface area contributed by atoms with Crippen LogP contribution in [0.3, 0.4) is 0 Å². The summed E-state index contributed by atoms with van der Waals surface area (Å²) in [5.41, 5.74) is 3.84. The van der Waals surface area contributed by atoms with Crippen LogP contribution in [0.2, 0.25) is 0 Å². The normalized spacial score (nSPS) is 10.6. The van der Waals surface area contributed by atoms with Crippen LogP contribution in [0.5, 0.6) is 17.2 Å². The van der Waals surface area contributed by atoms with Crippen LogP contribution < -0.4 is 30.3 Å². The molecule has 0 heterocycles. The number of halogens is 1. The number of hydrazone groups is 1. The first-order chi connectivity index (χ1) is 22.3. The number of ether oxygens (including phenoxy) is 3. The third-order valence-corrected chi connectivity index (χ3v) is 6.88. The van der Waals surface area contributed by atoms with Crippen molar-refractivity contribution in [2.24, 2.45) is 5.10 Å². The van der Waals surface area contributed by atoms with E-state index in [9.17, 15) is 19.2 Å². The summed E-state index contributed by atoms with van der Waals surface area (Å²) in [6.07, 6.45) is 3.25. The number of para-hydroxylation sites is 1. The van der Waals surface area contributed by atoms with E-state index in [-0.39, 0.29) is 22.7 Å². The fourth-order valence-electron chi connectivity index (χ4n) is 3.95. The molecular formula is C34H31BrN4O7. The highest BCUT2D eigenvalue weighted by molar-refractivity contribution is 9.10. The number of carbonyl (C=O) groups excluding carboxylic acids is 4. The topological polar surface area (TPSA) is 144 Å². The highest BCUT2D eigenvalue weighted by Gasteiger charge is 2.18. The Labute approximate surface area is 274 Å². The van der Waals surface area contributed by atoms with Crippen LogP contribution in [0.25, 0.3) is 0 Å². The van der Waals surface area contributed by atoms with Gasteiger partial charge in [0, 0.05) is 10.2 Å². The number of anilines is 2. The molecule has 236 valence electrons. The van der Waals surface area contributed by atoms with Gasteiger partial charge in [0.15, 0.2) is 11.5 Å². The molecule has 0 aliphatic carbocycles. The SMILES string of the molecule is CCCCOc1ccc(C(=O)Oc2ccc(C=NNC(=O)C(=O)Nc3ccccc3C(=O)Nc3ccc(Br)cc3)cc2OC)cc1. The van der Waals surface area contributed by atoms with Gasteiger partial charge in [-0.3, -0.25) is 14.4 Å². The van der Waals surface area contributed by atoms with Crippen molar-refractivity contribution >= 4 is 57.2 Å². The van der Waals surface area contributed by atoms with Crippen LogP contribution in [0.4, 0.5) is 11.4 Å². The van der Waals surface area contributed by atoms with E-state index in [4.69, 9.17) is 14.2 Å². The molecule has 0 radical (unpaired) electrons. The van der Waals surface area contributed by atoms with Gasteiger partial charge < -0.3 is 24.8 Å². The Hall–Kier alpha value is -5.49. The van der Waals surface area contributed by atoms with Crippen molar-refractivity contribution in [3.63, 3.8) is 0 Å². The van der Waals surface area contributed by atoms with Gasteiger partial charge in [-0.25, -0.2) is 10.2 Å². The predicted molar refractivity (Wildman–Crippen MR) is 178 cm³/mol. The van der Waals surface area contributed by atoms with E-state index in [1.54, 1.807) is 72.8 Å². The lowest BCUT2D eigenvalue weighted by Gasteiger charge is -2.11. The van der Waals surface area contributed by atoms with Gasteiger partial charge in [0.2, 0.25) is 0 Å². The first-order valence-electron chi connectivity index (χ1n) is 14.2. The van der Waals surface area contributed by atoms with Crippen molar-refractivity contribution in [1.29, 1.82) is 0 Å². The number of amides is 3. The number of unbranched alkanes of at least 4 members (excludes halogenated alkanes) is 1. The van der Waals surface area contributed by atoms with Crippen molar-refractivity contribution in [3.8, 4) is 17.2 Å². The number of hydrogen-bond donors (Lipinski definition) is 3. The number of carbonyl (C=O) groups is 4. The smallest absolute Gasteiger partial charge is 0.343 e. The second-order valence-corrected chi connectivity index (χ2v) is 10.6. The van der Waals surface area contributed by atoms with Crippen LogP contribution in [0, 0.1) is 0 Å². The molecule has 4 aromatic carbocycles. The summed E-state index contributed by atoms with van der Waals surface area (Å²) < 4.78 is 17.3. The van der Waals surface area contributed by atoms with E-state index >= 15 is 0 Å². The first kappa shape index (κ1) is 33.4. The highest BCUT2D eigenvalue weighted by Crippen LogP contribution is 2.29. The molecule has 0 aliphatic rings. The zero-order valence-electron chi connectivity index (χ0n) is 25.0. The van der Waals surface area contributed by atoms with Gasteiger partial charge in [-0.05, 0) is 90.8 Å². The minimum Gasteiger partial charge on any atom is -0.494 e. The van der Waals surface area contributed by atoms with Crippen molar-refractivity contribution in [3.05, 3.63) is 112 Å². The maximum atomic E-state index is 12.8. The highest BCUT2D eigenvalue weighted by atomic mass is 79.9. The van der Waals surface area contributed by atoms with E-state index < -0.39 is 23.7 Å². The van der Waals surface area contributed by atoms with Crippen LogP contribution in [-0.2, 0) is 9.59 Å². The largest absolute Gasteiger partial charge is 0.494 e. The third-order valence-electron chi connectivity index (χ3n) is 6.35. The number of esters is 1. The Morgan fingerprint density at radius 3 is 2.30 bits per heavy atom. The molecule has 46 heavy (non-hydrogen) atoms. The molecule has 4 aromatic rings. The molecule has 0 aliphatic heterocycles. The Kier molecular flexibility index (Phi) is 12.0. The number of hydrogen-bond acceptors (Lipinski definition) is 8. The molecule has 0 bridgehead atoms. The maximum Gasteiger partial charge on any atom is 0.343 e. The van der Waals surface area contributed by atoms with Gasteiger partial charge in [0.1, 0.15) is 5.75 Å². The second kappa shape index (κ2) is 16.5. The molecular weight excluding hydrogens is 656 g/mol. The predicted octanol–water partition coefficient (Wildman–Crippen LogP) is 6.20. The van der Waals surface area contributed by atoms with Crippen molar-refractivity contribution in [1.82, 2.24) is 5.43 Å². The number of nitrogens with zero attached hydrogens (tertiary/aromatic N) is 1. The summed E-state index contributed by atoms with van der Waals surface area (Å²) in [4.78, 5) is 50.5. The summed E-state index contributed by atoms with van der Waals surface area (Å²) >= 11 is 3.34. The van der Waals surface area contributed by atoms with Crippen molar-refractivity contribution in [2.45, 2.75) is 19.8 Å². The summed E-state index contributed by atoms with van der Waals surface area (Å²) in [7, 11) is 1.42. The molecule has 0 atom stereocenters. The molecule has 12 heteroatoms. The van der Waals surface area contributed by atoms with Crippen LogP contribution in [-0.4, -0.2) is 43.6 Å². The van der Waals surface area contributed by atoms with Crippen LogP contribution in [0.1, 0.15) is 46.0 Å². The third kappa shape index (κ3) is 9.50. The number of rotatable bonds is 12. The Morgan fingerprint density at radius 1 is 0.848 bits per heavy atom. The Morgan fingerprint density at radius 2 is 1.59 bits per heavy atom. The van der Waals surface area contributed by atoms with Gasteiger partial charge in [-0.2, -0.15) is 5.10 Å². The molecule has 4 rings (SSSR count). The molecule has 0 saturated carbocycles. The molecule has 0 unspecified atom stereocenters. The number of nitrogens with one attached hydrogen (secondary N) is 3. The molecule has 3 N–H and O–H groups in total. The van der Waals surface area contributed by atoms with Crippen molar-refractivity contribution in [2.75, 3.05) is 24.4 Å². The zero-order valence-corrected chi connectivity index (χ0v) is 26.6. The summed E-state index contributed by atoms with van der Waals surface area (Å²) in [6.45, 7) is 2.68. The molecule has 3 amide bonds. The molecule has 11 nitrogen and oxygen atoms in total. The van der Waals surface area contributed by atoms with Gasteiger partial charge in [-0.1, -0.05) is 41.4 Å². The van der Waals surface area contributed by atoms with E-state index in [2.05, 4.69) is 44.0 Å². The zero-order chi connectivity index (χ0) is 32.9. The van der Waals surface area contributed by atoms with Crippen LogP contribution in [0.15, 0.2) is 101 Å².